The molecule has 0 unspecified atom stereocenters. The summed E-state index contributed by atoms with van der Waals surface area (Å²) in [6, 6.07) is 10.9. The van der Waals surface area contributed by atoms with Crippen LogP contribution in [0.4, 0.5) is 15.8 Å². The Kier molecular flexibility index (Phi) is 5.19. The first-order valence-electron chi connectivity index (χ1n) is 6.63. The third-order valence-electron chi connectivity index (χ3n) is 2.93. The van der Waals surface area contributed by atoms with Crippen LogP contribution in [0.15, 0.2) is 42.5 Å². The Balaban J connectivity index is 1.95. The molecule has 1 amide bonds. The SMILES string of the molecule is COc1cc(NC(=O)CNc2ccc(F)cc2)cc(OC)c1. The fourth-order valence-electron chi connectivity index (χ4n) is 1.83. The van der Waals surface area contributed by atoms with E-state index in [1.807, 2.05) is 0 Å². The maximum absolute atomic E-state index is 12.8. The Morgan fingerprint density at radius 1 is 1.00 bits per heavy atom. The lowest BCUT2D eigenvalue weighted by Gasteiger charge is -2.11. The van der Waals surface area contributed by atoms with E-state index in [9.17, 15) is 9.18 Å². The van der Waals surface area contributed by atoms with Gasteiger partial charge in [-0.3, -0.25) is 4.79 Å². The molecule has 0 saturated heterocycles. The van der Waals surface area contributed by atoms with Gasteiger partial charge in [0.05, 0.1) is 20.8 Å². The summed E-state index contributed by atoms with van der Waals surface area (Å²) in [7, 11) is 3.08. The van der Waals surface area contributed by atoms with Gasteiger partial charge in [0.25, 0.3) is 0 Å². The van der Waals surface area contributed by atoms with Crippen molar-refractivity contribution in [2.75, 3.05) is 31.4 Å². The molecule has 0 aliphatic heterocycles. The van der Waals surface area contributed by atoms with Crippen molar-refractivity contribution in [3.05, 3.63) is 48.3 Å². The van der Waals surface area contributed by atoms with Crippen molar-refractivity contribution in [2.45, 2.75) is 0 Å². The molecule has 0 heterocycles. The number of methoxy groups -OCH3 is 2. The summed E-state index contributed by atoms with van der Waals surface area (Å²) >= 11 is 0. The Morgan fingerprint density at radius 3 is 2.14 bits per heavy atom. The average Bonchev–Trinajstić information content (AvgIpc) is 2.54. The van der Waals surface area contributed by atoms with Crippen molar-refractivity contribution < 1.29 is 18.7 Å². The molecule has 0 spiro atoms. The number of carbonyl (C=O) groups excluding carboxylic acids is 1. The van der Waals surface area contributed by atoms with Gasteiger partial charge < -0.3 is 20.1 Å². The number of carbonyl (C=O) groups is 1. The van der Waals surface area contributed by atoms with Gasteiger partial charge in [-0.15, -0.1) is 0 Å². The van der Waals surface area contributed by atoms with Crippen molar-refractivity contribution >= 4 is 17.3 Å². The second kappa shape index (κ2) is 7.31. The monoisotopic (exact) mass is 304 g/mol. The first kappa shape index (κ1) is 15.6. The van der Waals surface area contributed by atoms with E-state index in [1.165, 1.54) is 26.4 Å². The van der Waals surface area contributed by atoms with Gasteiger partial charge in [0.2, 0.25) is 5.91 Å². The van der Waals surface area contributed by atoms with Gasteiger partial charge in [-0.25, -0.2) is 4.39 Å². The van der Waals surface area contributed by atoms with Crippen LogP contribution in [0, 0.1) is 5.82 Å². The molecule has 2 N–H and O–H groups in total. The van der Waals surface area contributed by atoms with Crippen LogP contribution in [-0.2, 0) is 4.79 Å². The maximum Gasteiger partial charge on any atom is 0.243 e. The highest BCUT2D eigenvalue weighted by Gasteiger charge is 2.06. The lowest BCUT2D eigenvalue weighted by Crippen LogP contribution is -2.21. The third kappa shape index (κ3) is 4.37. The summed E-state index contributed by atoms with van der Waals surface area (Å²) in [5, 5.41) is 5.65. The van der Waals surface area contributed by atoms with Crippen molar-refractivity contribution in [2.24, 2.45) is 0 Å². The van der Waals surface area contributed by atoms with E-state index in [-0.39, 0.29) is 18.3 Å². The average molecular weight is 304 g/mol. The number of anilines is 2. The van der Waals surface area contributed by atoms with E-state index in [2.05, 4.69) is 10.6 Å². The Hall–Kier alpha value is -2.76. The highest BCUT2D eigenvalue weighted by Crippen LogP contribution is 2.25. The largest absolute Gasteiger partial charge is 0.497 e. The molecule has 2 rings (SSSR count). The van der Waals surface area contributed by atoms with E-state index in [0.29, 0.717) is 22.9 Å². The minimum Gasteiger partial charge on any atom is -0.497 e. The highest BCUT2D eigenvalue weighted by molar-refractivity contribution is 5.94. The van der Waals surface area contributed by atoms with E-state index >= 15 is 0 Å². The molecular weight excluding hydrogens is 287 g/mol. The maximum atomic E-state index is 12.8. The predicted molar refractivity (Wildman–Crippen MR) is 83.1 cm³/mol. The molecular formula is C16H17FN2O3. The van der Waals surface area contributed by atoms with Gasteiger partial charge in [-0.1, -0.05) is 0 Å². The van der Waals surface area contributed by atoms with E-state index in [4.69, 9.17) is 9.47 Å². The highest BCUT2D eigenvalue weighted by atomic mass is 19.1. The van der Waals surface area contributed by atoms with Crippen molar-refractivity contribution in [3.8, 4) is 11.5 Å². The zero-order valence-corrected chi connectivity index (χ0v) is 12.4. The number of ether oxygens (including phenoxy) is 2. The molecule has 0 aliphatic rings. The summed E-state index contributed by atoms with van der Waals surface area (Å²) in [5.74, 6) is 0.611. The molecule has 0 radical (unpaired) electrons. The van der Waals surface area contributed by atoms with Gasteiger partial charge in [-0.05, 0) is 24.3 Å². The van der Waals surface area contributed by atoms with Crippen molar-refractivity contribution in [1.29, 1.82) is 0 Å². The van der Waals surface area contributed by atoms with Crippen LogP contribution < -0.4 is 20.1 Å². The van der Waals surface area contributed by atoms with Crippen LogP contribution >= 0.6 is 0 Å². The first-order valence-corrected chi connectivity index (χ1v) is 6.63. The number of hydrogen-bond donors (Lipinski definition) is 2. The molecule has 0 bridgehead atoms. The normalized spacial score (nSPS) is 9.95. The van der Waals surface area contributed by atoms with Crippen LogP contribution in [0.1, 0.15) is 0 Å². The van der Waals surface area contributed by atoms with Gasteiger partial charge in [0.15, 0.2) is 0 Å². The second-order valence-corrected chi connectivity index (χ2v) is 4.51. The molecule has 0 atom stereocenters. The lowest BCUT2D eigenvalue weighted by atomic mass is 10.2. The molecule has 116 valence electrons. The van der Waals surface area contributed by atoms with Gasteiger partial charge in [0, 0.05) is 29.6 Å². The van der Waals surface area contributed by atoms with Gasteiger partial charge in [-0.2, -0.15) is 0 Å². The summed E-state index contributed by atoms with van der Waals surface area (Å²) in [5.41, 5.74) is 1.24. The van der Waals surface area contributed by atoms with Gasteiger partial charge in [0.1, 0.15) is 17.3 Å². The molecule has 22 heavy (non-hydrogen) atoms. The van der Waals surface area contributed by atoms with Crippen LogP contribution in [0.5, 0.6) is 11.5 Å². The predicted octanol–water partition coefficient (Wildman–Crippen LogP) is 2.89. The standard InChI is InChI=1S/C16H17FN2O3/c1-21-14-7-13(8-15(9-14)22-2)19-16(20)10-18-12-5-3-11(17)4-6-12/h3-9,18H,10H2,1-2H3,(H,19,20). The van der Waals surface area contributed by atoms with Crippen LogP contribution in [0.2, 0.25) is 0 Å². The number of amides is 1. The van der Waals surface area contributed by atoms with Crippen LogP contribution in [0.3, 0.4) is 0 Å². The van der Waals surface area contributed by atoms with Crippen LogP contribution in [-0.4, -0.2) is 26.7 Å². The number of rotatable bonds is 6. The van der Waals surface area contributed by atoms with E-state index < -0.39 is 0 Å². The van der Waals surface area contributed by atoms with E-state index in [1.54, 1.807) is 30.3 Å². The fraction of sp³-hybridized carbons (Fsp3) is 0.188. The zero-order valence-electron chi connectivity index (χ0n) is 12.4. The molecule has 0 fully saturated rings. The molecule has 5 nitrogen and oxygen atoms in total. The Labute approximate surface area is 128 Å². The summed E-state index contributed by atoms with van der Waals surface area (Å²) in [6.45, 7) is 0.0607. The zero-order chi connectivity index (χ0) is 15.9. The minimum atomic E-state index is -0.321. The first-order chi connectivity index (χ1) is 10.6. The fourth-order valence-corrected chi connectivity index (χ4v) is 1.83. The molecule has 0 saturated carbocycles. The topological polar surface area (TPSA) is 59.6 Å². The van der Waals surface area contributed by atoms with Crippen molar-refractivity contribution in [3.63, 3.8) is 0 Å². The lowest BCUT2D eigenvalue weighted by molar-refractivity contribution is -0.114. The van der Waals surface area contributed by atoms with E-state index in [0.717, 1.165) is 0 Å². The van der Waals surface area contributed by atoms with Crippen molar-refractivity contribution in [1.82, 2.24) is 0 Å². The second-order valence-electron chi connectivity index (χ2n) is 4.51. The number of benzene rings is 2. The number of hydrogen-bond acceptors (Lipinski definition) is 4. The Bertz CT molecular complexity index is 622. The summed E-state index contributed by atoms with van der Waals surface area (Å²) < 4.78 is 23.1. The summed E-state index contributed by atoms with van der Waals surface area (Å²) in [6.07, 6.45) is 0. The smallest absolute Gasteiger partial charge is 0.243 e. The third-order valence-corrected chi connectivity index (χ3v) is 2.93. The quantitative estimate of drug-likeness (QED) is 0.861. The number of nitrogens with one attached hydrogen (secondary N) is 2. The van der Waals surface area contributed by atoms with Gasteiger partial charge >= 0.3 is 0 Å². The summed E-state index contributed by atoms with van der Waals surface area (Å²) in [4.78, 5) is 11.9. The minimum absolute atomic E-state index is 0.0607. The molecule has 0 aromatic heterocycles. The molecule has 2 aromatic carbocycles. The molecule has 2 aromatic rings. The molecule has 6 heteroatoms. The van der Waals surface area contributed by atoms with Crippen LogP contribution in [0.25, 0.3) is 0 Å². The molecule has 0 aliphatic carbocycles. The number of halogens is 1. The Morgan fingerprint density at radius 2 is 1.59 bits per heavy atom.